The largest absolute Gasteiger partial charge is 0.481 e. The molecule has 0 aliphatic carbocycles. The highest BCUT2D eigenvalue weighted by Gasteiger charge is 2.26. The van der Waals surface area contributed by atoms with Gasteiger partial charge in [-0.3, -0.25) is 19.0 Å². The molecule has 0 aliphatic rings. The Hall–Kier alpha value is -3.48. The molecule has 3 aromatic rings. The van der Waals surface area contributed by atoms with Gasteiger partial charge in [0.05, 0.1) is 29.2 Å². The maximum atomic E-state index is 12.6. The van der Waals surface area contributed by atoms with Gasteiger partial charge in [-0.1, -0.05) is 42.5 Å². The summed E-state index contributed by atoms with van der Waals surface area (Å²) in [5, 5.41) is 12.7. The second-order valence-electron chi connectivity index (χ2n) is 7.05. The van der Waals surface area contributed by atoms with Crippen LogP contribution in [0.1, 0.15) is 30.5 Å². The number of carbonyl (C=O) groups excluding carboxylic acids is 1. The highest BCUT2D eigenvalue weighted by molar-refractivity contribution is 5.80. The van der Waals surface area contributed by atoms with E-state index >= 15 is 0 Å². The van der Waals surface area contributed by atoms with Gasteiger partial charge in [-0.2, -0.15) is 0 Å². The van der Waals surface area contributed by atoms with Crippen LogP contribution in [0, 0.1) is 12.8 Å². The number of carboxylic acid groups (broad SMARTS) is 1. The van der Waals surface area contributed by atoms with Gasteiger partial charge in [0.15, 0.2) is 0 Å². The van der Waals surface area contributed by atoms with E-state index in [1.54, 1.807) is 43.3 Å². The van der Waals surface area contributed by atoms with E-state index in [0.717, 1.165) is 11.1 Å². The fourth-order valence-corrected chi connectivity index (χ4v) is 3.26. The lowest BCUT2D eigenvalue weighted by Crippen LogP contribution is -2.36. The van der Waals surface area contributed by atoms with Crippen molar-refractivity contribution < 1.29 is 14.7 Å². The van der Waals surface area contributed by atoms with E-state index in [4.69, 9.17) is 0 Å². The monoisotopic (exact) mass is 393 g/mol. The fraction of sp³-hybridized carbons (Fsp3) is 0.273. The van der Waals surface area contributed by atoms with Crippen molar-refractivity contribution in [3.8, 4) is 0 Å². The quantitative estimate of drug-likeness (QED) is 0.643. The van der Waals surface area contributed by atoms with Crippen LogP contribution in [0.3, 0.4) is 0 Å². The van der Waals surface area contributed by atoms with Crippen LogP contribution in [-0.2, 0) is 16.1 Å². The molecule has 29 heavy (non-hydrogen) atoms. The first kappa shape index (κ1) is 20.3. The lowest BCUT2D eigenvalue weighted by atomic mass is 9.94. The summed E-state index contributed by atoms with van der Waals surface area (Å²) >= 11 is 0. The summed E-state index contributed by atoms with van der Waals surface area (Å²) in [5.41, 5.74) is 2.08. The van der Waals surface area contributed by atoms with Gasteiger partial charge >= 0.3 is 5.97 Å². The van der Waals surface area contributed by atoms with Crippen molar-refractivity contribution in [1.29, 1.82) is 0 Å². The fourth-order valence-electron chi connectivity index (χ4n) is 3.26. The van der Waals surface area contributed by atoms with Crippen LogP contribution < -0.4 is 10.9 Å². The first-order valence-corrected chi connectivity index (χ1v) is 9.40. The van der Waals surface area contributed by atoms with E-state index in [-0.39, 0.29) is 24.4 Å². The molecule has 3 rings (SSSR count). The Balaban J connectivity index is 1.74. The Morgan fingerprint density at radius 3 is 2.55 bits per heavy atom. The average molecular weight is 393 g/mol. The van der Waals surface area contributed by atoms with Crippen LogP contribution in [0.15, 0.2) is 59.7 Å². The van der Waals surface area contributed by atoms with Gasteiger partial charge in [0.2, 0.25) is 5.91 Å². The summed E-state index contributed by atoms with van der Waals surface area (Å²) in [7, 11) is 0. The highest BCUT2D eigenvalue weighted by atomic mass is 16.4. The third-order valence-electron chi connectivity index (χ3n) is 5.00. The molecule has 0 bridgehead atoms. The second-order valence-corrected chi connectivity index (χ2v) is 7.05. The van der Waals surface area contributed by atoms with E-state index in [0.29, 0.717) is 10.9 Å². The van der Waals surface area contributed by atoms with Crippen LogP contribution in [0.5, 0.6) is 0 Å². The van der Waals surface area contributed by atoms with Crippen molar-refractivity contribution in [2.24, 2.45) is 5.92 Å². The van der Waals surface area contributed by atoms with Crippen molar-refractivity contribution in [3.63, 3.8) is 0 Å². The van der Waals surface area contributed by atoms with Crippen molar-refractivity contribution in [2.75, 3.05) is 0 Å². The number of nitrogens with one attached hydrogen (secondary N) is 1. The topological polar surface area (TPSA) is 101 Å². The summed E-state index contributed by atoms with van der Waals surface area (Å²) in [4.78, 5) is 41.0. The minimum Gasteiger partial charge on any atom is -0.481 e. The number of amides is 1. The number of rotatable bonds is 7. The lowest BCUT2D eigenvalue weighted by molar-refractivity contribution is -0.142. The molecule has 2 N–H and O–H groups in total. The zero-order chi connectivity index (χ0) is 21.0. The number of hydrogen-bond acceptors (Lipinski definition) is 4. The SMILES string of the molecule is Cc1cccc2c(=O)n(CCC(=O)NC(c3ccccc3)C(C)C(=O)O)cnc12. The number of hydrogen-bond donors (Lipinski definition) is 2. The van der Waals surface area contributed by atoms with Crippen LogP contribution in [0.4, 0.5) is 0 Å². The Labute approximate surface area is 168 Å². The van der Waals surface area contributed by atoms with E-state index in [1.807, 2.05) is 19.1 Å². The number of fused-ring (bicyclic) bond motifs is 1. The first-order chi connectivity index (χ1) is 13.9. The minimum absolute atomic E-state index is 0.0363. The van der Waals surface area contributed by atoms with E-state index in [1.165, 1.54) is 10.9 Å². The first-order valence-electron chi connectivity index (χ1n) is 9.40. The predicted octanol–water partition coefficient (Wildman–Crippen LogP) is 2.67. The molecule has 0 fully saturated rings. The van der Waals surface area contributed by atoms with Crippen molar-refractivity contribution >= 4 is 22.8 Å². The predicted molar refractivity (Wildman–Crippen MR) is 109 cm³/mol. The van der Waals surface area contributed by atoms with Gasteiger partial charge in [-0.15, -0.1) is 0 Å². The third-order valence-corrected chi connectivity index (χ3v) is 5.00. The lowest BCUT2D eigenvalue weighted by Gasteiger charge is -2.23. The molecular weight excluding hydrogens is 370 g/mol. The molecule has 1 aromatic heterocycles. The number of aromatic nitrogens is 2. The molecule has 0 saturated heterocycles. The average Bonchev–Trinajstić information content (AvgIpc) is 2.72. The minimum atomic E-state index is -0.996. The smallest absolute Gasteiger partial charge is 0.308 e. The number of aryl methyl sites for hydroxylation is 2. The maximum absolute atomic E-state index is 12.6. The van der Waals surface area contributed by atoms with Gasteiger partial charge in [0.25, 0.3) is 5.56 Å². The number of nitrogens with zero attached hydrogens (tertiary/aromatic N) is 2. The molecule has 150 valence electrons. The molecule has 0 radical (unpaired) electrons. The van der Waals surface area contributed by atoms with E-state index in [2.05, 4.69) is 10.3 Å². The number of carbonyl (C=O) groups is 2. The third kappa shape index (κ3) is 4.51. The van der Waals surface area contributed by atoms with E-state index in [9.17, 15) is 19.5 Å². The summed E-state index contributed by atoms with van der Waals surface area (Å²) in [6, 6.07) is 13.7. The molecule has 1 heterocycles. The molecule has 0 spiro atoms. The zero-order valence-electron chi connectivity index (χ0n) is 16.3. The Kier molecular flexibility index (Phi) is 6.07. The maximum Gasteiger partial charge on any atom is 0.308 e. The van der Waals surface area contributed by atoms with Gasteiger partial charge < -0.3 is 10.4 Å². The summed E-state index contributed by atoms with van der Waals surface area (Å²) < 4.78 is 1.40. The Bertz CT molecular complexity index is 1090. The molecule has 0 aliphatic heterocycles. The molecule has 7 heteroatoms. The molecule has 7 nitrogen and oxygen atoms in total. The number of aliphatic carboxylic acids is 1. The molecule has 2 unspecified atom stereocenters. The van der Waals surface area contributed by atoms with Gasteiger partial charge in [0.1, 0.15) is 0 Å². The number of benzene rings is 2. The molecule has 2 atom stereocenters. The second kappa shape index (κ2) is 8.68. The highest BCUT2D eigenvalue weighted by Crippen LogP contribution is 2.22. The Morgan fingerprint density at radius 1 is 1.14 bits per heavy atom. The van der Waals surface area contributed by atoms with Crippen LogP contribution >= 0.6 is 0 Å². The molecule has 1 amide bonds. The summed E-state index contributed by atoms with van der Waals surface area (Å²) in [6.07, 6.45) is 1.48. The number of carboxylic acids is 1. The normalized spacial score (nSPS) is 13.0. The molecule has 2 aromatic carbocycles. The summed E-state index contributed by atoms with van der Waals surface area (Å²) in [5.74, 6) is -2.12. The van der Waals surface area contributed by atoms with Crippen molar-refractivity contribution in [1.82, 2.24) is 14.9 Å². The standard InChI is InChI=1S/C22H23N3O4/c1-14-7-6-10-17-19(14)23-13-25(21(17)27)12-11-18(26)24-20(15(2)22(28)29)16-8-4-3-5-9-16/h3-10,13,15,20H,11-12H2,1-2H3,(H,24,26)(H,28,29). The van der Waals surface area contributed by atoms with Crippen LogP contribution in [0.25, 0.3) is 10.9 Å². The summed E-state index contributed by atoms with van der Waals surface area (Å²) in [6.45, 7) is 3.60. The molecular formula is C22H23N3O4. The van der Waals surface area contributed by atoms with Gasteiger partial charge in [0, 0.05) is 13.0 Å². The zero-order valence-corrected chi connectivity index (χ0v) is 16.3. The molecule has 0 saturated carbocycles. The van der Waals surface area contributed by atoms with Crippen molar-refractivity contribution in [3.05, 3.63) is 76.3 Å². The Morgan fingerprint density at radius 2 is 1.86 bits per heavy atom. The number of para-hydroxylation sites is 1. The van der Waals surface area contributed by atoms with Gasteiger partial charge in [-0.05, 0) is 31.0 Å². The van der Waals surface area contributed by atoms with E-state index < -0.39 is 17.9 Å². The van der Waals surface area contributed by atoms with Crippen molar-refractivity contribution in [2.45, 2.75) is 32.9 Å². The van der Waals surface area contributed by atoms with Crippen LogP contribution in [-0.4, -0.2) is 26.5 Å². The van der Waals surface area contributed by atoms with Crippen LogP contribution in [0.2, 0.25) is 0 Å². The van der Waals surface area contributed by atoms with Gasteiger partial charge in [-0.25, -0.2) is 4.98 Å².